The lowest BCUT2D eigenvalue weighted by molar-refractivity contribution is -0.117. The number of aromatic carboxylic acids is 1. The molecule has 0 bridgehead atoms. The second-order valence-electron chi connectivity index (χ2n) is 5.09. The fourth-order valence-electron chi connectivity index (χ4n) is 2.42. The summed E-state index contributed by atoms with van der Waals surface area (Å²) in [5.74, 6) is 1.73. The molecule has 2 N–H and O–H groups in total. The Bertz CT molecular complexity index is 510. The van der Waals surface area contributed by atoms with E-state index in [0.717, 1.165) is 24.3 Å². The van der Waals surface area contributed by atoms with Crippen molar-refractivity contribution in [2.24, 2.45) is 5.92 Å². The summed E-state index contributed by atoms with van der Waals surface area (Å²) in [5.41, 5.74) is 1.43. The maximum absolute atomic E-state index is 12.0. The van der Waals surface area contributed by atoms with Gasteiger partial charge < -0.3 is 10.4 Å². The molecule has 108 valence electrons. The molecule has 1 amide bonds. The van der Waals surface area contributed by atoms with E-state index in [9.17, 15) is 9.59 Å². The van der Waals surface area contributed by atoms with Gasteiger partial charge in [0.25, 0.3) is 0 Å². The fourth-order valence-corrected chi connectivity index (χ4v) is 3.62. The van der Waals surface area contributed by atoms with Crippen LogP contribution in [-0.4, -0.2) is 28.5 Å². The number of anilines is 1. The molecule has 0 radical (unpaired) electrons. The monoisotopic (exact) mass is 293 g/mol. The van der Waals surface area contributed by atoms with Crippen LogP contribution in [0, 0.1) is 12.8 Å². The van der Waals surface area contributed by atoms with Crippen LogP contribution in [0.1, 0.15) is 35.2 Å². The zero-order valence-corrected chi connectivity index (χ0v) is 12.3. The van der Waals surface area contributed by atoms with Crippen molar-refractivity contribution in [1.82, 2.24) is 0 Å². The van der Waals surface area contributed by atoms with Gasteiger partial charge in [-0.2, -0.15) is 11.8 Å². The molecular weight excluding hydrogens is 274 g/mol. The number of carboxylic acids is 1. The molecule has 0 saturated carbocycles. The van der Waals surface area contributed by atoms with Crippen molar-refractivity contribution in [2.45, 2.75) is 26.2 Å². The number of amides is 1. The number of benzene rings is 1. The summed E-state index contributed by atoms with van der Waals surface area (Å²) in [5, 5.41) is 11.9. The minimum Gasteiger partial charge on any atom is -0.478 e. The van der Waals surface area contributed by atoms with E-state index < -0.39 is 5.97 Å². The summed E-state index contributed by atoms with van der Waals surface area (Å²) in [6, 6.07) is 4.95. The minimum atomic E-state index is -0.970. The predicted molar refractivity (Wildman–Crippen MR) is 81.4 cm³/mol. The molecule has 1 fully saturated rings. The quantitative estimate of drug-likeness (QED) is 0.895. The molecule has 0 spiro atoms. The highest BCUT2D eigenvalue weighted by Gasteiger charge is 2.18. The summed E-state index contributed by atoms with van der Waals surface area (Å²) in [6.07, 6.45) is 2.70. The molecule has 1 aliphatic rings. The first kappa shape index (κ1) is 14.9. The van der Waals surface area contributed by atoms with Gasteiger partial charge in [-0.25, -0.2) is 4.79 Å². The van der Waals surface area contributed by atoms with Gasteiger partial charge in [0.2, 0.25) is 5.91 Å². The number of hydrogen-bond acceptors (Lipinski definition) is 3. The summed E-state index contributed by atoms with van der Waals surface area (Å²) in [7, 11) is 0. The van der Waals surface area contributed by atoms with Crippen molar-refractivity contribution in [3.63, 3.8) is 0 Å². The smallest absolute Gasteiger partial charge is 0.336 e. The Morgan fingerprint density at radius 3 is 2.70 bits per heavy atom. The Balaban J connectivity index is 2.00. The standard InChI is InChI=1S/C15H19NO3S/c1-10-12(15(18)19)3-2-4-13(10)16-14(17)9-11-5-7-20-8-6-11/h2-4,11H,5-9H2,1H3,(H,16,17)(H,18,19). The van der Waals surface area contributed by atoms with Crippen molar-refractivity contribution in [3.05, 3.63) is 29.3 Å². The number of thioether (sulfide) groups is 1. The average molecular weight is 293 g/mol. The van der Waals surface area contributed by atoms with Crippen LogP contribution in [0.3, 0.4) is 0 Å². The number of carbonyl (C=O) groups is 2. The first-order valence-corrected chi connectivity index (χ1v) is 7.94. The molecule has 0 unspecified atom stereocenters. The van der Waals surface area contributed by atoms with Gasteiger partial charge in [-0.3, -0.25) is 4.79 Å². The van der Waals surface area contributed by atoms with Crippen LogP contribution in [0.5, 0.6) is 0 Å². The molecule has 4 nitrogen and oxygen atoms in total. The van der Waals surface area contributed by atoms with Crippen molar-refractivity contribution >= 4 is 29.3 Å². The van der Waals surface area contributed by atoms with E-state index in [2.05, 4.69) is 5.32 Å². The first-order chi connectivity index (χ1) is 9.58. The summed E-state index contributed by atoms with van der Waals surface area (Å²) in [6.45, 7) is 1.72. The van der Waals surface area contributed by atoms with E-state index in [1.54, 1.807) is 25.1 Å². The van der Waals surface area contributed by atoms with Gasteiger partial charge in [0.15, 0.2) is 0 Å². The summed E-state index contributed by atoms with van der Waals surface area (Å²) >= 11 is 1.94. The highest BCUT2D eigenvalue weighted by molar-refractivity contribution is 7.99. The third kappa shape index (κ3) is 3.76. The second-order valence-corrected chi connectivity index (χ2v) is 6.32. The normalized spacial score (nSPS) is 15.8. The Morgan fingerprint density at radius 1 is 1.35 bits per heavy atom. The lowest BCUT2D eigenvalue weighted by atomic mass is 9.98. The van der Waals surface area contributed by atoms with Gasteiger partial charge in [-0.1, -0.05) is 6.07 Å². The van der Waals surface area contributed by atoms with E-state index >= 15 is 0 Å². The van der Waals surface area contributed by atoms with Gasteiger partial charge in [-0.15, -0.1) is 0 Å². The number of rotatable bonds is 4. The fraction of sp³-hybridized carbons (Fsp3) is 0.467. The summed E-state index contributed by atoms with van der Waals surface area (Å²) < 4.78 is 0. The Kier molecular flexibility index (Phi) is 5.06. The molecular formula is C15H19NO3S. The van der Waals surface area contributed by atoms with Crippen molar-refractivity contribution in [1.29, 1.82) is 0 Å². The molecule has 1 saturated heterocycles. The largest absolute Gasteiger partial charge is 0.478 e. The molecule has 1 aliphatic heterocycles. The van der Waals surface area contributed by atoms with E-state index in [1.807, 2.05) is 11.8 Å². The van der Waals surface area contributed by atoms with Crippen LogP contribution in [0.2, 0.25) is 0 Å². The molecule has 0 aliphatic carbocycles. The van der Waals surface area contributed by atoms with Crippen LogP contribution in [0.4, 0.5) is 5.69 Å². The molecule has 5 heteroatoms. The van der Waals surface area contributed by atoms with Crippen molar-refractivity contribution in [2.75, 3.05) is 16.8 Å². The molecule has 20 heavy (non-hydrogen) atoms. The molecule has 1 aromatic carbocycles. The lowest BCUT2D eigenvalue weighted by Crippen LogP contribution is -2.20. The van der Waals surface area contributed by atoms with Crippen LogP contribution in [-0.2, 0) is 4.79 Å². The molecule has 1 aromatic rings. The third-order valence-electron chi connectivity index (χ3n) is 3.65. The molecule has 0 atom stereocenters. The maximum Gasteiger partial charge on any atom is 0.336 e. The molecule has 0 aromatic heterocycles. The third-order valence-corrected chi connectivity index (χ3v) is 4.70. The summed E-state index contributed by atoms with van der Waals surface area (Å²) in [4.78, 5) is 23.1. The zero-order chi connectivity index (χ0) is 14.5. The van der Waals surface area contributed by atoms with Crippen LogP contribution < -0.4 is 5.32 Å². The zero-order valence-electron chi connectivity index (χ0n) is 11.5. The highest BCUT2D eigenvalue weighted by atomic mass is 32.2. The minimum absolute atomic E-state index is 0.0208. The van der Waals surface area contributed by atoms with Gasteiger partial charge in [0, 0.05) is 12.1 Å². The van der Waals surface area contributed by atoms with Crippen molar-refractivity contribution in [3.8, 4) is 0 Å². The van der Waals surface area contributed by atoms with Gasteiger partial charge in [0.05, 0.1) is 5.56 Å². The molecule has 2 rings (SSSR count). The number of carboxylic acid groups (broad SMARTS) is 1. The van der Waals surface area contributed by atoms with Gasteiger partial charge >= 0.3 is 5.97 Å². The topological polar surface area (TPSA) is 66.4 Å². The van der Waals surface area contributed by atoms with Crippen LogP contribution in [0.15, 0.2) is 18.2 Å². The van der Waals surface area contributed by atoms with Gasteiger partial charge in [-0.05, 0) is 54.9 Å². The van der Waals surface area contributed by atoms with E-state index in [4.69, 9.17) is 5.11 Å². The Labute approximate surface area is 123 Å². The first-order valence-electron chi connectivity index (χ1n) is 6.78. The molecule has 1 heterocycles. The maximum atomic E-state index is 12.0. The van der Waals surface area contributed by atoms with E-state index in [0.29, 0.717) is 23.6 Å². The van der Waals surface area contributed by atoms with Crippen LogP contribution in [0.25, 0.3) is 0 Å². The van der Waals surface area contributed by atoms with E-state index in [-0.39, 0.29) is 11.5 Å². The predicted octanol–water partition coefficient (Wildman–Crippen LogP) is 3.17. The lowest BCUT2D eigenvalue weighted by Gasteiger charge is -2.21. The highest BCUT2D eigenvalue weighted by Crippen LogP contribution is 2.26. The second kappa shape index (κ2) is 6.79. The van der Waals surface area contributed by atoms with Crippen LogP contribution >= 0.6 is 11.8 Å². The number of carbonyl (C=O) groups excluding carboxylic acids is 1. The van der Waals surface area contributed by atoms with E-state index in [1.165, 1.54) is 0 Å². The van der Waals surface area contributed by atoms with Gasteiger partial charge in [0.1, 0.15) is 0 Å². The number of hydrogen-bond donors (Lipinski definition) is 2. The Morgan fingerprint density at radius 2 is 2.05 bits per heavy atom. The number of nitrogens with one attached hydrogen (secondary N) is 1. The average Bonchev–Trinajstić information content (AvgIpc) is 2.42. The van der Waals surface area contributed by atoms with Crippen molar-refractivity contribution < 1.29 is 14.7 Å². The Hall–Kier alpha value is -1.49. The SMILES string of the molecule is Cc1c(NC(=O)CC2CCSCC2)cccc1C(=O)O.